The highest BCUT2D eigenvalue weighted by Gasteiger charge is 2.34. The first-order valence-electron chi connectivity index (χ1n) is 9.13. The van der Waals surface area contributed by atoms with Crippen molar-refractivity contribution in [2.75, 3.05) is 24.5 Å². The lowest BCUT2D eigenvalue weighted by molar-refractivity contribution is -0.147. The molecule has 1 heterocycles. The summed E-state index contributed by atoms with van der Waals surface area (Å²) in [4.78, 5) is 40.1. The van der Waals surface area contributed by atoms with E-state index in [0.717, 1.165) is 5.56 Å². The summed E-state index contributed by atoms with van der Waals surface area (Å²) in [6.45, 7) is 2.91. The number of carbonyl (C=O) groups is 3. The molecule has 1 fully saturated rings. The van der Waals surface area contributed by atoms with E-state index in [2.05, 4.69) is 5.32 Å². The summed E-state index contributed by atoms with van der Waals surface area (Å²) in [6, 6.07) is 14.9. The molecule has 146 valence electrons. The van der Waals surface area contributed by atoms with E-state index in [9.17, 15) is 18.8 Å². The Hall–Kier alpha value is -3.22. The molecule has 1 atom stereocenters. The van der Waals surface area contributed by atoms with Gasteiger partial charge >= 0.3 is 11.8 Å². The Balaban J connectivity index is 1.53. The molecule has 0 saturated carbocycles. The van der Waals surface area contributed by atoms with Crippen LogP contribution >= 0.6 is 0 Å². The van der Waals surface area contributed by atoms with Gasteiger partial charge in [0.2, 0.25) is 5.91 Å². The minimum absolute atomic E-state index is 0.169. The maximum absolute atomic E-state index is 12.9. The van der Waals surface area contributed by atoms with Gasteiger partial charge in [-0.3, -0.25) is 14.4 Å². The normalized spacial score (nSPS) is 15.5. The van der Waals surface area contributed by atoms with Gasteiger partial charge < -0.3 is 15.1 Å². The second-order valence-corrected chi connectivity index (χ2v) is 6.79. The summed E-state index contributed by atoms with van der Waals surface area (Å²) in [7, 11) is 0. The van der Waals surface area contributed by atoms with Gasteiger partial charge in [-0.15, -0.1) is 0 Å². The molecule has 6 nitrogen and oxygen atoms in total. The number of nitrogens with one attached hydrogen (secondary N) is 1. The molecule has 1 aliphatic heterocycles. The average Bonchev–Trinajstić information content (AvgIpc) is 2.71. The Labute approximate surface area is 162 Å². The third-order valence-electron chi connectivity index (χ3n) is 4.70. The average molecular weight is 383 g/mol. The predicted molar refractivity (Wildman–Crippen MR) is 103 cm³/mol. The number of hydrogen-bond donors (Lipinski definition) is 1. The van der Waals surface area contributed by atoms with Gasteiger partial charge in [-0.1, -0.05) is 37.3 Å². The number of halogens is 1. The molecule has 0 aliphatic carbocycles. The summed E-state index contributed by atoms with van der Waals surface area (Å²) in [5, 5.41) is 2.77. The largest absolute Gasteiger partial charge is 0.352 e. The van der Waals surface area contributed by atoms with E-state index in [4.69, 9.17) is 0 Å². The van der Waals surface area contributed by atoms with Crippen LogP contribution in [0.4, 0.5) is 10.1 Å². The van der Waals surface area contributed by atoms with E-state index < -0.39 is 17.7 Å². The first kappa shape index (κ1) is 19.5. The highest BCUT2D eigenvalue weighted by atomic mass is 19.1. The van der Waals surface area contributed by atoms with E-state index in [-0.39, 0.29) is 24.8 Å². The van der Waals surface area contributed by atoms with Gasteiger partial charge in [-0.25, -0.2) is 4.39 Å². The summed E-state index contributed by atoms with van der Waals surface area (Å²) in [5.74, 6) is -2.22. The lowest BCUT2D eigenvalue weighted by Crippen LogP contribution is -2.56. The van der Waals surface area contributed by atoms with Gasteiger partial charge in [0.05, 0.1) is 5.92 Å². The number of hydrogen-bond acceptors (Lipinski definition) is 3. The Morgan fingerprint density at radius 1 is 1.04 bits per heavy atom. The molecule has 0 radical (unpaired) electrons. The Bertz CT molecular complexity index is 855. The number of para-hydroxylation sites is 1. The molecule has 1 saturated heterocycles. The van der Waals surface area contributed by atoms with Crippen molar-refractivity contribution < 1.29 is 18.8 Å². The number of nitrogens with zero attached hydrogens (tertiary/aromatic N) is 2. The third-order valence-corrected chi connectivity index (χ3v) is 4.70. The maximum atomic E-state index is 12.9. The highest BCUT2D eigenvalue weighted by molar-refractivity contribution is 6.41. The van der Waals surface area contributed by atoms with Crippen LogP contribution in [0.1, 0.15) is 12.5 Å². The topological polar surface area (TPSA) is 69.7 Å². The Morgan fingerprint density at radius 3 is 2.39 bits per heavy atom. The number of piperazine rings is 1. The lowest BCUT2D eigenvalue weighted by Gasteiger charge is -2.34. The third kappa shape index (κ3) is 4.54. The fourth-order valence-corrected chi connectivity index (χ4v) is 3.08. The van der Waals surface area contributed by atoms with Crippen molar-refractivity contribution in [1.82, 2.24) is 10.2 Å². The summed E-state index contributed by atoms with van der Waals surface area (Å²) >= 11 is 0. The minimum Gasteiger partial charge on any atom is -0.352 e. The number of anilines is 1. The number of carbonyl (C=O) groups excluding carboxylic acids is 3. The van der Waals surface area contributed by atoms with Crippen LogP contribution in [0.25, 0.3) is 0 Å². The molecule has 0 unspecified atom stereocenters. The zero-order valence-electron chi connectivity index (χ0n) is 15.6. The van der Waals surface area contributed by atoms with Crippen molar-refractivity contribution in [2.24, 2.45) is 5.92 Å². The summed E-state index contributed by atoms with van der Waals surface area (Å²) in [6.07, 6.45) is 0. The molecule has 2 aromatic carbocycles. The predicted octanol–water partition coefficient (Wildman–Crippen LogP) is 1.95. The number of benzene rings is 2. The van der Waals surface area contributed by atoms with E-state index >= 15 is 0 Å². The Kier molecular flexibility index (Phi) is 6.03. The molecule has 1 N–H and O–H groups in total. The van der Waals surface area contributed by atoms with Crippen molar-refractivity contribution >= 4 is 23.4 Å². The van der Waals surface area contributed by atoms with Gasteiger partial charge in [0.25, 0.3) is 0 Å². The second kappa shape index (κ2) is 8.65. The zero-order valence-corrected chi connectivity index (χ0v) is 15.6. The maximum Gasteiger partial charge on any atom is 0.316 e. The summed E-state index contributed by atoms with van der Waals surface area (Å²) in [5.41, 5.74) is 1.47. The van der Waals surface area contributed by atoms with Gasteiger partial charge in [0, 0.05) is 31.9 Å². The summed E-state index contributed by atoms with van der Waals surface area (Å²) < 4.78 is 12.9. The number of rotatable bonds is 6. The van der Waals surface area contributed by atoms with Crippen molar-refractivity contribution in [3.05, 3.63) is 66.0 Å². The van der Waals surface area contributed by atoms with Gasteiger partial charge in [-0.2, -0.15) is 0 Å². The van der Waals surface area contributed by atoms with Crippen LogP contribution in [0, 0.1) is 11.7 Å². The molecule has 0 bridgehead atoms. The van der Waals surface area contributed by atoms with Crippen LogP contribution in [-0.2, 0) is 20.9 Å². The second-order valence-electron chi connectivity index (χ2n) is 6.79. The fraction of sp³-hybridized carbons (Fsp3) is 0.286. The van der Waals surface area contributed by atoms with Gasteiger partial charge in [-0.05, 0) is 29.8 Å². The molecule has 0 spiro atoms. The van der Waals surface area contributed by atoms with E-state index in [0.29, 0.717) is 18.8 Å². The highest BCUT2D eigenvalue weighted by Crippen LogP contribution is 2.18. The molecular formula is C21H22FN3O3. The van der Waals surface area contributed by atoms with Crippen LogP contribution in [-0.4, -0.2) is 42.3 Å². The quantitative estimate of drug-likeness (QED) is 0.776. The SMILES string of the molecule is C[C@H](CN1CCN(c2ccccc2)C(=O)C1=O)C(=O)NCc1ccc(F)cc1. The molecule has 7 heteroatoms. The van der Waals surface area contributed by atoms with E-state index in [1.807, 2.05) is 18.2 Å². The molecule has 1 aliphatic rings. The Morgan fingerprint density at radius 2 is 1.71 bits per heavy atom. The smallest absolute Gasteiger partial charge is 0.316 e. The van der Waals surface area contributed by atoms with E-state index in [1.165, 1.54) is 21.9 Å². The van der Waals surface area contributed by atoms with Crippen LogP contribution < -0.4 is 10.2 Å². The standard InChI is InChI=1S/C21H22FN3O3/c1-15(19(26)23-13-16-7-9-17(22)10-8-16)14-24-11-12-25(21(28)20(24)27)18-5-3-2-4-6-18/h2-10,15H,11-14H2,1H3,(H,23,26)/t15-/m1/s1. The number of amides is 3. The molecule has 3 amide bonds. The molecule has 28 heavy (non-hydrogen) atoms. The van der Waals surface area contributed by atoms with Crippen LogP contribution in [0.2, 0.25) is 0 Å². The molecule has 2 aromatic rings. The van der Waals surface area contributed by atoms with Crippen molar-refractivity contribution in [3.8, 4) is 0 Å². The zero-order chi connectivity index (χ0) is 20.1. The first-order valence-corrected chi connectivity index (χ1v) is 9.13. The van der Waals surface area contributed by atoms with Crippen molar-refractivity contribution in [3.63, 3.8) is 0 Å². The molecule has 3 rings (SSSR count). The fourth-order valence-electron chi connectivity index (χ4n) is 3.08. The molecule has 0 aromatic heterocycles. The minimum atomic E-state index is -0.603. The van der Waals surface area contributed by atoms with Crippen molar-refractivity contribution in [1.29, 1.82) is 0 Å². The van der Waals surface area contributed by atoms with Gasteiger partial charge in [0.1, 0.15) is 5.82 Å². The lowest BCUT2D eigenvalue weighted by atomic mass is 10.1. The first-order chi connectivity index (χ1) is 13.5. The van der Waals surface area contributed by atoms with Gasteiger partial charge in [0.15, 0.2) is 0 Å². The van der Waals surface area contributed by atoms with E-state index in [1.54, 1.807) is 31.2 Å². The van der Waals surface area contributed by atoms with Crippen LogP contribution in [0.15, 0.2) is 54.6 Å². The van der Waals surface area contributed by atoms with Crippen LogP contribution in [0.5, 0.6) is 0 Å². The van der Waals surface area contributed by atoms with Crippen molar-refractivity contribution in [2.45, 2.75) is 13.5 Å². The molecular weight excluding hydrogens is 361 g/mol. The van der Waals surface area contributed by atoms with Crippen LogP contribution in [0.3, 0.4) is 0 Å². The monoisotopic (exact) mass is 383 g/mol.